The highest BCUT2D eigenvalue weighted by molar-refractivity contribution is 7.90. The third-order valence-corrected chi connectivity index (χ3v) is 6.39. The van der Waals surface area contributed by atoms with Gasteiger partial charge in [0.15, 0.2) is 9.84 Å². The Morgan fingerprint density at radius 2 is 1.72 bits per heavy atom. The average molecular weight is 452 g/mol. The summed E-state index contributed by atoms with van der Waals surface area (Å²) in [6, 6.07) is 17.2. The zero-order chi connectivity index (χ0) is 23.1. The number of rotatable bonds is 6. The Morgan fingerprint density at radius 1 is 1.03 bits per heavy atom. The minimum absolute atomic E-state index is 0.237. The molecule has 1 aromatic heterocycles. The first-order valence-corrected chi connectivity index (χ1v) is 12.6. The third-order valence-electron chi connectivity index (χ3n) is 5.28. The lowest BCUT2D eigenvalue weighted by Gasteiger charge is -2.11. The highest BCUT2D eigenvalue weighted by Gasteiger charge is 2.29. The van der Waals surface area contributed by atoms with E-state index in [1.54, 1.807) is 18.2 Å². The van der Waals surface area contributed by atoms with Gasteiger partial charge in [0.05, 0.1) is 16.1 Å². The first-order valence-electron chi connectivity index (χ1n) is 10.7. The average Bonchev–Trinajstić information content (AvgIpc) is 3.30. The van der Waals surface area contributed by atoms with Crippen molar-refractivity contribution in [2.45, 2.75) is 44.7 Å². The smallest absolute Gasteiger partial charge is 0.237 e. The fourth-order valence-corrected chi connectivity index (χ4v) is 4.36. The fourth-order valence-electron chi connectivity index (χ4n) is 3.69. The second-order valence-corrected chi connectivity index (χ2v) is 11.4. The van der Waals surface area contributed by atoms with E-state index in [0.29, 0.717) is 23.3 Å². The van der Waals surface area contributed by atoms with Gasteiger partial charge in [-0.05, 0) is 54.7 Å². The predicted molar refractivity (Wildman–Crippen MR) is 128 cm³/mol. The van der Waals surface area contributed by atoms with Gasteiger partial charge in [-0.2, -0.15) is 5.10 Å². The molecule has 0 aliphatic carbocycles. The SMILES string of the molecule is CC(C)Cn1nc(C2=NC(C)(C)CO2)cc1-c1ccc(-c2cccc(S(C)(=O)=O)c2)cc1. The van der Waals surface area contributed by atoms with E-state index in [-0.39, 0.29) is 5.54 Å². The van der Waals surface area contributed by atoms with Crippen molar-refractivity contribution in [2.75, 3.05) is 12.9 Å². The normalized spacial score (nSPS) is 15.6. The van der Waals surface area contributed by atoms with Gasteiger partial charge in [-0.1, -0.05) is 50.2 Å². The number of ether oxygens (including phenoxy) is 1. The molecular formula is C25H29N3O3S. The maximum Gasteiger partial charge on any atom is 0.237 e. The summed E-state index contributed by atoms with van der Waals surface area (Å²) in [4.78, 5) is 4.99. The third kappa shape index (κ3) is 4.78. The summed E-state index contributed by atoms with van der Waals surface area (Å²) in [5.74, 6) is 1.02. The van der Waals surface area contributed by atoms with E-state index < -0.39 is 9.84 Å². The lowest BCUT2D eigenvalue weighted by Crippen LogP contribution is -2.17. The number of sulfone groups is 1. The fraction of sp³-hybridized carbons (Fsp3) is 0.360. The van der Waals surface area contributed by atoms with Crippen molar-refractivity contribution in [3.63, 3.8) is 0 Å². The minimum Gasteiger partial charge on any atom is -0.474 e. The van der Waals surface area contributed by atoms with Crippen molar-refractivity contribution >= 4 is 15.7 Å². The lowest BCUT2D eigenvalue weighted by atomic mass is 10.0. The molecule has 1 aliphatic rings. The highest BCUT2D eigenvalue weighted by atomic mass is 32.2. The molecule has 168 valence electrons. The number of benzene rings is 2. The number of hydrogen-bond acceptors (Lipinski definition) is 5. The maximum atomic E-state index is 11.9. The quantitative estimate of drug-likeness (QED) is 0.538. The predicted octanol–water partition coefficient (Wildman–Crippen LogP) is 4.83. The van der Waals surface area contributed by atoms with Crippen LogP contribution in [0.25, 0.3) is 22.4 Å². The Kier molecular flexibility index (Phi) is 5.71. The van der Waals surface area contributed by atoms with Gasteiger partial charge in [0.25, 0.3) is 0 Å². The Morgan fingerprint density at radius 3 is 2.31 bits per heavy atom. The molecule has 0 saturated heterocycles. The topological polar surface area (TPSA) is 73.5 Å². The number of nitrogens with zero attached hydrogens (tertiary/aromatic N) is 3. The van der Waals surface area contributed by atoms with Gasteiger partial charge in [-0.3, -0.25) is 4.68 Å². The molecule has 6 nitrogen and oxygen atoms in total. The summed E-state index contributed by atoms with van der Waals surface area (Å²) in [5, 5.41) is 4.79. The van der Waals surface area contributed by atoms with E-state index in [4.69, 9.17) is 9.84 Å². The molecule has 2 aromatic carbocycles. The summed E-state index contributed by atoms with van der Waals surface area (Å²) in [6.45, 7) is 9.75. The summed E-state index contributed by atoms with van der Waals surface area (Å²) < 4.78 is 31.6. The first kappa shape index (κ1) is 22.3. The summed E-state index contributed by atoms with van der Waals surface area (Å²) in [5.41, 5.74) is 4.37. The molecule has 0 amide bonds. The van der Waals surface area contributed by atoms with E-state index in [1.165, 1.54) is 6.26 Å². The van der Waals surface area contributed by atoms with Crippen LogP contribution >= 0.6 is 0 Å². The van der Waals surface area contributed by atoms with Gasteiger partial charge in [-0.15, -0.1) is 0 Å². The highest BCUT2D eigenvalue weighted by Crippen LogP contribution is 2.29. The Balaban J connectivity index is 1.69. The van der Waals surface area contributed by atoms with Crippen molar-refractivity contribution in [3.8, 4) is 22.4 Å². The molecular weight excluding hydrogens is 422 g/mol. The number of aliphatic imine (C=N–C) groups is 1. The molecule has 0 N–H and O–H groups in total. The Bertz CT molecular complexity index is 1270. The van der Waals surface area contributed by atoms with E-state index >= 15 is 0 Å². The van der Waals surface area contributed by atoms with Crippen LogP contribution < -0.4 is 0 Å². The maximum absolute atomic E-state index is 11.9. The number of hydrogen-bond donors (Lipinski definition) is 0. The van der Waals surface area contributed by atoms with Gasteiger partial charge in [0.1, 0.15) is 12.3 Å². The zero-order valence-corrected chi connectivity index (χ0v) is 20.0. The van der Waals surface area contributed by atoms with Crippen molar-refractivity contribution in [1.29, 1.82) is 0 Å². The molecule has 0 atom stereocenters. The van der Waals surface area contributed by atoms with Crippen LogP contribution in [0.4, 0.5) is 0 Å². The van der Waals surface area contributed by atoms with Gasteiger partial charge >= 0.3 is 0 Å². The van der Waals surface area contributed by atoms with Crippen LogP contribution in [0.3, 0.4) is 0 Å². The Hall–Kier alpha value is -2.93. The van der Waals surface area contributed by atoms with Crippen molar-refractivity contribution in [1.82, 2.24) is 9.78 Å². The second kappa shape index (κ2) is 8.20. The van der Waals surface area contributed by atoms with Crippen molar-refractivity contribution in [3.05, 3.63) is 60.3 Å². The van der Waals surface area contributed by atoms with Crippen LogP contribution in [-0.2, 0) is 21.1 Å². The molecule has 0 bridgehead atoms. The summed E-state index contributed by atoms with van der Waals surface area (Å²) in [6.07, 6.45) is 1.22. The van der Waals surface area contributed by atoms with E-state index in [2.05, 4.69) is 18.8 Å². The van der Waals surface area contributed by atoms with Crippen LogP contribution in [-0.4, -0.2) is 42.5 Å². The van der Waals surface area contributed by atoms with E-state index in [1.807, 2.05) is 54.9 Å². The molecule has 0 radical (unpaired) electrons. The van der Waals surface area contributed by atoms with Gasteiger partial charge in [0.2, 0.25) is 5.90 Å². The molecule has 0 fully saturated rings. The molecule has 2 heterocycles. The summed E-state index contributed by atoms with van der Waals surface area (Å²) >= 11 is 0. The molecule has 32 heavy (non-hydrogen) atoms. The lowest BCUT2D eigenvalue weighted by molar-refractivity contribution is 0.278. The zero-order valence-electron chi connectivity index (χ0n) is 19.2. The monoisotopic (exact) mass is 451 g/mol. The summed E-state index contributed by atoms with van der Waals surface area (Å²) in [7, 11) is -3.25. The molecule has 4 rings (SSSR count). The molecule has 0 spiro atoms. The van der Waals surface area contributed by atoms with E-state index in [9.17, 15) is 8.42 Å². The van der Waals surface area contributed by atoms with Crippen molar-refractivity contribution in [2.24, 2.45) is 10.9 Å². The van der Waals surface area contributed by atoms with Crippen LogP contribution in [0.2, 0.25) is 0 Å². The van der Waals surface area contributed by atoms with Crippen LogP contribution in [0.5, 0.6) is 0 Å². The molecule has 0 saturated carbocycles. The number of aromatic nitrogens is 2. The first-order chi connectivity index (χ1) is 15.0. The van der Waals surface area contributed by atoms with Gasteiger partial charge in [0, 0.05) is 12.8 Å². The standard InChI is InChI=1S/C25H29N3O3S/c1-17(2)15-28-23(14-22(27-28)24-26-25(3,4)16-31-24)19-11-9-18(10-12-19)20-7-6-8-21(13-20)32(5,29)30/h6-14,17H,15-16H2,1-5H3. The van der Waals surface area contributed by atoms with E-state index in [0.717, 1.165) is 34.6 Å². The van der Waals surface area contributed by atoms with Crippen LogP contribution in [0.1, 0.15) is 33.4 Å². The van der Waals surface area contributed by atoms with Gasteiger partial charge < -0.3 is 4.74 Å². The second-order valence-electron chi connectivity index (χ2n) is 9.39. The minimum atomic E-state index is -3.25. The van der Waals surface area contributed by atoms with Crippen LogP contribution in [0, 0.1) is 5.92 Å². The van der Waals surface area contributed by atoms with Crippen LogP contribution in [0.15, 0.2) is 64.5 Å². The molecule has 3 aromatic rings. The molecule has 1 aliphatic heterocycles. The molecule has 7 heteroatoms. The van der Waals surface area contributed by atoms with Gasteiger partial charge in [-0.25, -0.2) is 13.4 Å². The Labute approximate surface area is 189 Å². The molecule has 0 unspecified atom stereocenters. The van der Waals surface area contributed by atoms with Crippen molar-refractivity contribution < 1.29 is 13.2 Å². The largest absolute Gasteiger partial charge is 0.474 e.